The van der Waals surface area contributed by atoms with Crippen molar-refractivity contribution in [2.45, 2.75) is 41.0 Å². The van der Waals surface area contributed by atoms with Crippen molar-refractivity contribution in [3.05, 3.63) is 12.2 Å². The fourth-order valence-electron chi connectivity index (χ4n) is 2.05. The van der Waals surface area contributed by atoms with E-state index in [1.807, 2.05) is 20.8 Å². The first-order valence-corrected chi connectivity index (χ1v) is 5.69. The molecule has 0 aromatic carbocycles. The van der Waals surface area contributed by atoms with E-state index in [-0.39, 0.29) is 22.5 Å². The van der Waals surface area contributed by atoms with E-state index >= 15 is 0 Å². The van der Waals surface area contributed by atoms with Crippen LogP contribution < -0.4 is 0 Å². The molecule has 0 spiro atoms. The summed E-state index contributed by atoms with van der Waals surface area (Å²) in [5.41, 5.74) is 0.0208. The minimum absolute atomic E-state index is 0.0208. The smallest absolute Gasteiger partial charge is 0.225 e. The van der Waals surface area contributed by atoms with Crippen molar-refractivity contribution in [1.82, 2.24) is 0 Å². The normalized spacial score (nSPS) is 29.0. The zero-order valence-electron chi connectivity index (χ0n) is 9.80. The lowest BCUT2D eigenvalue weighted by atomic mass is 9.68. The number of hydrogen-bond donors (Lipinski definition) is 0. The van der Waals surface area contributed by atoms with Crippen LogP contribution >= 0.6 is 11.6 Å². The van der Waals surface area contributed by atoms with Crippen LogP contribution in [0.2, 0.25) is 0 Å². The molecular weight excluding hydrogens is 196 g/mol. The second-order valence-corrected chi connectivity index (χ2v) is 4.63. The van der Waals surface area contributed by atoms with Crippen molar-refractivity contribution in [3.8, 4) is 0 Å². The molecule has 0 N–H and O–H groups in total. The fourth-order valence-corrected chi connectivity index (χ4v) is 2.54. The summed E-state index contributed by atoms with van der Waals surface area (Å²) < 4.78 is 0. The fraction of sp³-hybridized carbons (Fsp3) is 0.750. The molecule has 1 nitrogen and oxygen atoms in total. The maximum Gasteiger partial charge on any atom is 0.225 e. The van der Waals surface area contributed by atoms with Crippen LogP contribution in [0.15, 0.2) is 12.2 Å². The highest BCUT2D eigenvalue weighted by Gasteiger charge is 2.38. The van der Waals surface area contributed by atoms with Crippen LogP contribution in [-0.4, -0.2) is 5.24 Å². The molecule has 0 saturated heterocycles. The minimum atomic E-state index is -0.197. The van der Waals surface area contributed by atoms with Gasteiger partial charge in [-0.15, -0.1) is 0 Å². The number of rotatable bonds is 1. The Labute approximate surface area is 92.5 Å². The highest BCUT2D eigenvalue weighted by Crippen LogP contribution is 2.41. The van der Waals surface area contributed by atoms with Crippen molar-refractivity contribution < 1.29 is 4.79 Å². The Balaban J connectivity index is 0.000000791. The van der Waals surface area contributed by atoms with Gasteiger partial charge in [0.15, 0.2) is 0 Å². The number of carbonyl (C=O) groups excluding carboxylic acids is 1. The van der Waals surface area contributed by atoms with Crippen molar-refractivity contribution in [2.75, 3.05) is 0 Å². The lowest BCUT2D eigenvalue weighted by Crippen LogP contribution is -2.35. The van der Waals surface area contributed by atoms with Crippen LogP contribution in [0.25, 0.3) is 0 Å². The predicted octanol–water partition coefficient (Wildman–Crippen LogP) is 4.02. The Hall–Kier alpha value is -0.300. The van der Waals surface area contributed by atoms with Crippen LogP contribution in [0, 0.1) is 17.3 Å². The van der Waals surface area contributed by atoms with E-state index in [1.165, 1.54) is 0 Å². The highest BCUT2D eigenvalue weighted by atomic mass is 35.5. The second kappa shape index (κ2) is 5.55. The zero-order chi connectivity index (χ0) is 11.4. The third-order valence-corrected chi connectivity index (χ3v) is 2.93. The lowest BCUT2D eigenvalue weighted by Gasteiger charge is -2.37. The Kier molecular flexibility index (Phi) is 5.43. The largest absolute Gasteiger partial charge is 0.281 e. The molecule has 0 aromatic heterocycles. The molecule has 1 rings (SSSR count). The van der Waals surface area contributed by atoms with Gasteiger partial charge in [-0.1, -0.05) is 46.8 Å². The SMILES string of the molecule is CC.CC1C=CCC(C)(C)C1C(=O)Cl. The van der Waals surface area contributed by atoms with Crippen molar-refractivity contribution in [2.24, 2.45) is 17.3 Å². The average molecular weight is 217 g/mol. The summed E-state index contributed by atoms with van der Waals surface area (Å²) in [4.78, 5) is 11.2. The van der Waals surface area contributed by atoms with Gasteiger partial charge in [0.25, 0.3) is 0 Å². The molecule has 0 saturated carbocycles. The molecule has 2 heteroatoms. The summed E-state index contributed by atoms with van der Waals surface area (Å²) in [6.07, 6.45) is 5.16. The Bertz CT molecular complexity index is 218. The molecule has 0 heterocycles. The molecule has 82 valence electrons. The van der Waals surface area contributed by atoms with Gasteiger partial charge >= 0.3 is 0 Å². The molecule has 0 fully saturated rings. The van der Waals surface area contributed by atoms with E-state index < -0.39 is 0 Å². The standard InChI is InChI=1S/C10H15ClO.C2H6/c1-7-5-4-6-10(2,3)8(7)9(11)12;1-2/h4-5,7-8H,6H2,1-3H3;1-2H3. The maximum atomic E-state index is 11.2. The first-order valence-electron chi connectivity index (χ1n) is 5.31. The molecule has 0 aliphatic heterocycles. The topological polar surface area (TPSA) is 17.1 Å². The van der Waals surface area contributed by atoms with Gasteiger partial charge in [-0.3, -0.25) is 4.79 Å². The molecule has 2 atom stereocenters. The molecular formula is C12H21ClO. The summed E-state index contributed by atoms with van der Waals surface area (Å²) in [5.74, 6) is 0.253. The van der Waals surface area contributed by atoms with Crippen LogP contribution in [0.1, 0.15) is 41.0 Å². The average Bonchev–Trinajstić information content (AvgIpc) is 2.05. The molecule has 0 aromatic rings. The van der Waals surface area contributed by atoms with Gasteiger partial charge in [0.1, 0.15) is 0 Å². The van der Waals surface area contributed by atoms with E-state index in [0.29, 0.717) is 0 Å². The van der Waals surface area contributed by atoms with Crippen LogP contribution in [0.5, 0.6) is 0 Å². The summed E-state index contributed by atoms with van der Waals surface area (Å²) in [5, 5.41) is -0.197. The number of hydrogen-bond acceptors (Lipinski definition) is 1. The van der Waals surface area contributed by atoms with Gasteiger partial charge in [-0.2, -0.15) is 0 Å². The third-order valence-electron chi connectivity index (χ3n) is 2.70. The first-order chi connectivity index (χ1) is 6.45. The molecule has 0 amide bonds. The molecule has 0 bridgehead atoms. The van der Waals surface area contributed by atoms with E-state index in [2.05, 4.69) is 26.0 Å². The Morgan fingerprint density at radius 3 is 2.21 bits per heavy atom. The Morgan fingerprint density at radius 2 is 1.93 bits per heavy atom. The summed E-state index contributed by atoms with van der Waals surface area (Å²) in [7, 11) is 0. The summed E-state index contributed by atoms with van der Waals surface area (Å²) in [6.45, 7) is 10.2. The number of allylic oxidation sites excluding steroid dienone is 2. The van der Waals surface area contributed by atoms with E-state index in [0.717, 1.165) is 6.42 Å². The van der Waals surface area contributed by atoms with Gasteiger partial charge in [-0.25, -0.2) is 0 Å². The number of halogens is 1. The van der Waals surface area contributed by atoms with Crippen LogP contribution in [-0.2, 0) is 4.79 Å². The molecule has 1 aliphatic rings. The van der Waals surface area contributed by atoms with Crippen LogP contribution in [0.3, 0.4) is 0 Å². The van der Waals surface area contributed by atoms with Crippen LogP contribution in [0.4, 0.5) is 0 Å². The lowest BCUT2D eigenvalue weighted by molar-refractivity contribution is -0.120. The molecule has 14 heavy (non-hydrogen) atoms. The van der Waals surface area contributed by atoms with E-state index in [9.17, 15) is 4.79 Å². The highest BCUT2D eigenvalue weighted by molar-refractivity contribution is 6.64. The minimum Gasteiger partial charge on any atom is -0.281 e. The van der Waals surface area contributed by atoms with Gasteiger partial charge < -0.3 is 0 Å². The monoisotopic (exact) mass is 216 g/mol. The molecule has 2 unspecified atom stereocenters. The molecule has 1 aliphatic carbocycles. The summed E-state index contributed by atoms with van der Waals surface area (Å²) >= 11 is 5.56. The second-order valence-electron chi connectivity index (χ2n) is 4.26. The van der Waals surface area contributed by atoms with Crippen molar-refractivity contribution in [1.29, 1.82) is 0 Å². The third kappa shape index (κ3) is 3.13. The predicted molar refractivity (Wildman–Crippen MR) is 62.4 cm³/mol. The number of carbonyl (C=O) groups is 1. The van der Waals surface area contributed by atoms with Crippen molar-refractivity contribution >= 4 is 16.8 Å². The zero-order valence-corrected chi connectivity index (χ0v) is 10.6. The van der Waals surface area contributed by atoms with Crippen molar-refractivity contribution in [3.63, 3.8) is 0 Å². The Morgan fingerprint density at radius 1 is 1.43 bits per heavy atom. The van der Waals surface area contributed by atoms with E-state index in [4.69, 9.17) is 11.6 Å². The van der Waals surface area contributed by atoms with Gasteiger partial charge in [-0.05, 0) is 29.4 Å². The molecule has 0 radical (unpaired) electrons. The maximum absolute atomic E-state index is 11.2. The quantitative estimate of drug-likeness (QED) is 0.478. The van der Waals surface area contributed by atoms with E-state index in [1.54, 1.807) is 0 Å². The van der Waals surface area contributed by atoms with Gasteiger partial charge in [0.2, 0.25) is 5.24 Å². The first kappa shape index (κ1) is 13.7. The van der Waals surface area contributed by atoms with Gasteiger partial charge in [0, 0.05) is 5.92 Å². The summed E-state index contributed by atoms with van der Waals surface area (Å²) in [6, 6.07) is 0. The van der Waals surface area contributed by atoms with Gasteiger partial charge in [0.05, 0.1) is 0 Å².